The maximum Gasteiger partial charge on any atom is 0.0189 e. The molecule has 1 aliphatic heterocycles. The maximum absolute atomic E-state index is 3.18. The third kappa shape index (κ3) is 4.44. The monoisotopic (exact) mass is 182 g/mol. The van der Waals surface area contributed by atoms with E-state index in [1.54, 1.807) is 5.57 Å². The summed E-state index contributed by atoms with van der Waals surface area (Å²) in [6, 6.07) is 0. The van der Waals surface area contributed by atoms with Crippen LogP contribution in [-0.4, -0.2) is 38.6 Å². The summed E-state index contributed by atoms with van der Waals surface area (Å²) < 4.78 is 0. The number of hydrogen-bond acceptors (Lipinski definition) is 2. The van der Waals surface area contributed by atoms with Gasteiger partial charge in [-0.2, -0.15) is 0 Å². The van der Waals surface area contributed by atoms with E-state index in [4.69, 9.17) is 0 Å². The number of nitrogens with zero attached hydrogens (tertiary/aromatic N) is 1. The fourth-order valence-corrected chi connectivity index (χ4v) is 1.81. The Morgan fingerprint density at radius 2 is 2.31 bits per heavy atom. The first kappa shape index (κ1) is 10.7. The van der Waals surface area contributed by atoms with Gasteiger partial charge in [-0.05, 0) is 46.3 Å². The predicted octanol–water partition coefficient (Wildman–Crippen LogP) is 1.64. The van der Waals surface area contributed by atoms with Crippen LogP contribution in [0.5, 0.6) is 0 Å². The Morgan fingerprint density at radius 1 is 1.46 bits per heavy atom. The number of likely N-dealkylation sites (N-methyl/N-ethyl adjacent to an activating group) is 1. The first-order chi connectivity index (χ1) is 6.33. The molecule has 0 spiro atoms. The van der Waals surface area contributed by atoms with Gasteiger partial charge in [-0.1, -0.05) is 11.6 Å². The molecular formula is C11H22N2. The molecule has 13 heavy (non-hydrogen) atoms. The van der Waals surface area contributed by atoms with Gasteiger partial charge in [0.05, 0.1) is 0 Å². The first-order valence-electron chi connectivity index (χ1n) is 5.34. The molecule has 0 bridgehead atoms. The molecule has 0 radical (unpaired) electrons. The van der Waals surface area contributed by atoms with E-state index in [-0.39, 0.29) is 0 Å². The topological polar surface area (TPSA) is 15.3 Å². The molecule has 2 heteroatoms. The molecule has 0 unspecified atom stereocenters. The first-order valence-corrected chi connectivity index (χ1v) is 5.34. The lowest BCUT2D eigenvalue weighted by molar-refractivity contribution is 0.349. The summed E-state index contributed by atoms with van der Waals surface area (Å²) in [6.45, 7) is 3.59. The van der Waals surface area contributed by atoms with E-state index >= 15 is 0 Å². The van der Waals surface area contributed by atoms with E-state index in [1.165, 1.54) is 38.8 Å². The van der Waals surface area contributed by atoms with Crippen LogP contribution in [0.25, 0.3) is 0 Å². The molecule has 0 atom stereocenters. The van der Waals surface area contributed by atoms with Gasteiger partial charge >= 0.3 is 0 Å². The highest BCUT2D eigenvalue weighted by molar-refractivity contribution is 5.07. The van der Waals surface area contributed by atoms with Gasteiger partial charge in [0.2, 0.25) is 0 Å². The van der Waals surface area contributed by atoms with Gasteiger partial charge in [0.25, 0.3) is 0 Å². The molecule has 1 aliphatic rings. The number of rotatable bonds is 5. The van der Waals surface area contributed by atoms with Crippen LogP contribution in [0.2, 0.25) is 0 Å². The molecule has 0 amide bonds. The minimum absolute atomic E-state index is 1.16. The number of unbranched alkanes of at least 4 members (excludes halogenated alkanes) is 1. The Balaban J connectivity index is 2.10. The second kappa shape index (κ2) is 6.17. The van der Waals surface area contributed by atoms with Crippen LogP contribution in [0.1, 0.15) is 25.7 Å². The molecule has 0 fully saturated rings. The van der Waals surface area contributed by atoms with Crippen LogP contribution < -0.4 is 5.32 Å². The highest BCUT2D eigenvalue weighted by Gasteiger charge is 2.07. The van der Waals surface area contributed by atoms with Crippen LogP contribution in [0.3, 0.4) is 0 Å². The zero-order valence-electron chi connectivity index (χ0n) is 8.97. The highest BCUT2D eigenvalue weighted by atomic mass is 15.1. The number of nitrogens with one attached hydrogen (secondary N) is 1. The van der Waals surface area contributed by atoms with Crippen LogP contribution in [0.15, 0.2) is 11.6 Å². The molecule has 1 heterocycles. The molecule has 76 valence electrons. The van der Waals surface area contributed by atoms with E-state index in [9.17, 15) is 0 Å². The SMILES string of the molecule is CNCCCCC1=CCCN(C)C1. The van der Waals surface area contributed by atoms with Gasteiger partial charge in [0.15, 0.2) is 0 Å². The van der Waals surface area contributed by atoms with Crippen molar-refractivity contribution in [3.63, 3.8) is 0 Å². The summed E-state index contributed by atoms with van der Waals surface area (Å²) in [5.41, 5.74) is 1.64. The molecular weight excluding hydrogens is 160 g/mol. The standard InChI is InChI=1S/C11H22N2/c1-12-8-4-3-6-11-7-5-9-13(2)10-11/h7,12H,3-6,8-10H2,1-2H3. The van der Waals surface area contributed by atoms with Gasteiger partial charge in [0.1, 0.15) is 0 Å². The Hall–Kier alpha value is -0.340. The van der Waals surface area contributed by atoms with Crippen molar-refractivity contribution in [3.05, 3.63) is 11.6 Å². The van der Waals surface area contributed by atoms with Crippen molar-refractivity contribution in [2.75, 3.05) is 33.7 Å². The number of hydrogen-bond donors (Lipinski definition) is 1. The molecule has 1 rings (SSSR count). The molecule has 0 aromatic carbocycles. The van der Waals surface area contributed by atoms with E-state index in [0.29, 0.717) is 0 Å². The fraction of sp³-hybridized carbons (Fsp3) is 0.818. The van der Waals surface area contributed by atoms with Crippen molar-refractivity contribution < 1.29 is 0 Å². The van der Waals surface area contributed by atoms with Crippen molar-refractivity contribution in [3.8, 4) is 0 Å². The Bertz CT molecular complexity index is 163. The minimum Gasteiger partial charge on any atom is -0.320 e. The van der Waals surface area contributed by atoms with Crippen molar-refractivity contribution >= 4 is 0 Å². The lowest BCUT2D eigenvalue weighted by atomic mass is 10.0. The Morgan fingerprint density at radius 3 is 3.00 bits per heavy atom. The molecule has 0 aromatic heterocycles. The Labute approximate surface area is 82.0 Å². The molecule has 0 saturated heterocycles. The van der Waals surface area contributed by atoms with Gasteiger partial charge in [-0.25, -0.2) is 0 Å². The van der Waals surface area contributed by atoms with Gasteiger partial charge in [-0.3, -0.25) is 0 Å². The van der Waals surface area contributed by atoms with E-state index < -0.39 is 0 Å². The van der Waals surface area contributed by atoms with Crippen LogP contribution in [-0.2, 0) is 0 Å². The lowest BCUT2D eigenvalue weighted by Gasteiger charge is -2.22. The molecule has 0 aromatic rings. The average Bonchev–Trinajstić information content (AvgIpc) is 2.13. The zero-order valence-corrected chi connectivity index (χ0v) is 8.97. The molecule has 1 N–H and O–H groups in total. The average molecular weight is 182 g/mol. The summed E-state index contributed by atoms with van der Waals surface area (Å²) in [5.74, 6) is 0. The van der Waals surface area contributed by atoms with Crippen molar-refractivity contribution in [1.29, 1.82) is 0 Å². The third-order valence-corrected chi connectivity index (χ3v) is 2.59. The zero-order chi connectivity index (χ0) is 9.52. The summed E-state index contributed by atoms with van der Waals surface area (Å²) in [6.07, 6.45) is 7.61. The van der Waals surface area contributed by atoms with Gasteiger partial charge in [-0.15, -0.1) is 0 Å². The summed E-state index contributed by atoms with van der Waals surface area (Å²) >= 11 is 0. The smallest absolute Gasteiger partial charge is 0.0189 e. The van der Waals surface area contributed by atoms with Crippen LogP contribution >= 0.6 is 0 Å². The van der Waals surface area contributed by atoms with Gasteiger partial charge < -0.3 is 10.2 Å². The minimum atomic E-state index is 1.16. The van der Waals surface area contributed by atoms with Gasteiger partial charge in [0, 0.05) is 13.1 Å². The quantitative estimate of drug-likeness (QED) is 0.513. The lowest BCUT2D eigenvalue weighted by Crippen LogP contribution is -2.25. The van der Waals surface area contributed by atoms with Crippen LogP contribution in [0, 0.1) is 0 Å². The normalized spacial score (nSPS) is 18.8. The van der Waals surface area contributed by atoms with Crippen molar-refractivity contribution in [1.82, 2.24) is 10.2 Å². The largest absolute Gasteiger partial charge is 0.320 e. The van der Waals surface area contributed by atoms with Crippen LogP contribution in [0.4, 0.5) is 0 Å². The third-order valence-electron chi connectivity index (χ3n) is 2.59. The Kier molecular flexibility index (Phi) is 5.09. The second-order valence-electron chi connectivity index (χ2n) is 3.95. The predicted molar refractivity (Wildman–Crippen MR) is 58.0 cm³/mol. The second-order valence-corrected chi connectivity index (χ2v) is 3.95. The van der Waals surface area contributed by atoms with E-state index in [1.807, 2.05) is 7.05 Å². The molecule has 0 saturated carbocycles. The summed E-state index contributed by atoms with van der Waals surface area (Å²) in [4.78, 5) is 2.41. The summed E-state index contributed by atoms with van der Waals surface area (Å²) in [5, 5.41) is 3.18. The van der Waals surface area contributed by atoms with E-state index in [2.05, 4.69) is 23.3 Å². The van der Waals surface area contributed by atoms with Crippen molar-refractivity contribution in [2.45, 2.75) is 25.7 Å². The molecule has 0 aliphatic carbocycles. The fourth-order valence-electron chi connectivity index (χ4n) is 1.81. The maximum atomic E-state index is 3.18. The highest BCUT2D eigenvalue weighted by Crippen LogP contribution is 2.13. The summed E-state index contributed by atoms with van der Waals surface area (Å²) in [7, 11) is 4.23. The molecule has 2 nitrogen and oxygen atoms in total. The van der Waals surface area contributed by atoms with E-state index in [0.717, 1.165) is 6.54 Å². The van der Waals surface area contributed by atoms with Crippen molar-refractivity contribution in [2.24, 2.45) is 0 Å².